The molecule has 6 heteroatoms. The molecule has 1 N–H and O–H groups in total. The molecule has 0 unspecified atom stereocenters. The number of anilines is 1. The topological polar surface area (TPSA) is 37.6 Å². The first-order chi connectivity index (χ1) is 13.4. The smallest absolute Gasteiger partial charge is 0.260 e. The average molecular weight is 399 g/mol. The van der Waals surface area contributed by atoms with Crippen LogP contribution in [0, 0.1) is 12.7 Å². The van der Waals surface area contributed by atoms with Gasteiger partial charge in [-0.1, -0.05) is 17.7 Å². The van der Waals surface area contributed by atoms with E-state index in [1.807, 2.05) is 36.6 Å². The monoisotopic (exact) mass is 398 g/mol. The van der Waals surface area contributed by atoms with Crippen LogP contribution in [-0.2, 0) is 0 Å². The van der Waals surface area contributed by atoms with Gasteiger partial charge in [-0.15, -0.1) is 11.3 Å². The highest BCUT2D eigenvalue weighted by molar-refractivity contribution is 7.14. The quantitative estimate of drug-likeness (QED) is 0.662. The highest BCUT2D eigenvalue weighted by Gasteiger charge is 2.21. The first-order valence-electron chi connectivity index (χ1n) is 9.33. The molecule has 4 nitrogen and oxygen atoms in total. The number of benzene rings is 2. The Hall–Kier alpha value is -2.57. The van der Waals surface area contributed by atoms with E-state index in [0.717, 1.165) is 29.8 Å². The van der Waals surface area contributed by atoms with Crippen LogP contribution in [0.2, 0.25) is 0 Å². The lowest BCUT2D eigenvalue weighted by molar-refractivity contribution is -0.858. The molecule has 0 spiro atoms. The maximum absolute atomic E-state index is 13.2. The Bertz CT molecular complexity index is 920. The highest BCUT2D eigenvalue weighted by atomic mass is 32.1. The van der Waals surface area contributed by atoms with Gasteiger partial charge in [0.25, 0.3) is 5.91 Å². The Kier molecular flexibility index (Phi) is 6.54. The summed E-state index contributed by atoms with van der Waals surface area (Å²) in [6.07, 6.45) is 0.880. The fourth-order valence-electron chi connectivity index (χ4n) is 2.87. The van der Waals surface area contributed by atoms with Gasteiger partial charge >= 0.3 is 0 Å². The Morgan fingerprint density at radius 3 is 2.43 bits per heavy atom. The predicted molar refractivity (Wildman–Crippen MR) is 113 cm³/mol. The molecule has 1 aromatic heterocycles. The summed E-state index contributed by atoms with van der Waals surface area (Å²) < 4.78 is 13.2. The summed E-state index contributed by atoms with van der Waals surface area (Å²) in [6, 6.07) is 13.9. The standard InChI is InChI=1S/C22H24FN3OS/c1-16-5-7-18(8-6-16)21(27)26(14-4-13-25(2)3)22-24-20(15-28-22)17-9-11-19(23)12-10-17/h5-12,15H,4,13-14H2,1-3H3/p+1. The number of hydrogen-bond donors (Lipinski definition) is 1. The van der Waals surface area contributed by atoms with Crippen molar-refractivity contribution in [3.63, 3.8) is 0 Å². The number of aryl methyl sites for hydroxylation is 1. The number of rotatable bonds is 7. The second-order valence-electron chi connectivity index (χ2n) is 7.16. The minimum atomic E-state index is -0.276. The van der Waals surface area contributed by atoms with Crippen LogP contribution in [0.3, 0.4) is 0 Å². The van der Waals surface area contributed by atoms with E-state index in [-0.39, 0.29) is 11.7 Å². The van der Waals surface area contributed by atoms with Gasteiger partial charge in [-0.2, -0.15) is 0 Å². The number of nitrogens with one attached hydrogen (secondary N) is 1. The average Bonchev–Trinajstić information content (AvgIpc) is 3.15. The number of carbonyl (C=O) groups excluding carboxylic acids is 1. The zero-order chi connectivity index (χ0) is 20.1. The van der Waals surface area contributed by atoms with E-state index in [9.17, 15) is 9.18 Å². The van der Waals surface area contributed by atoms with Crippen LogP contribution in [0.15, 0.2) is 53.9 Å². The number of hydrogen-bond acceptors (Lipinski definition) is 3. The van der Waals surface area contributed by atoms with Crippen molar-refractivity contribution in [1.29, 1.82) is 0 Å². The molecule has 0 bridgehead atoms. The lowest BCUT2D eigenvalue weighted by Gasteiger charge is -2.20. The molecule has 28 heavy (non-hydrogen) atoms. The summed E-state index contributed by atoms with van der Waals surface area (Å²) in [5.74, 6) is -0.324. The van der Waals surface area contributed by atoms with Gasteiger partial charge in [-0.05, 0) is 43.3 Å². The van der Waals surface area contributed by atoms with Gasteiger partial charge in [0.2, 0.25) is 0 Å². The Labute approximate surface area is 169 Å². The van der Waals surface area contributed by atoms with Crippen LogP contribution in [-0.4, -0.2) is 38.1 Å². The largest absolute Gasteiger partial charge is 0.340 e. The molecule has 0 aliphatic rings. The first-order valence-corrected chi connectivity index (χ1v) is 10.2. The maximum Gasteiger partial charge on any atom is 0.260 e. The molecule has 0 radical (unpaired) electrons. The van der Waals surface area contributed by atoms with Crippen LogP contribution in [0.5, 0.6) is 0 Å². The molecule has 0 saturated heterocycles. The van der Waals surface area contributed by atoms with Crippen molar-refractivity contribution in [2.45, 2.75) is 13.3 Å². The number of aromatic nitrogens is 1. The van der Waals surface area contributed by atoms with Gasteiger partial charge in [0.05, 0.1) is 26.3 Å². The number of amides is 1. The molecular weight excluding hydrogens is 373 g/mol. The van der Waals surface area contributed by atoms with Crippen molar-refractivity contribution >= 4 is 22.4 Å². The van der Waals surface area contributed by atoms with Crippen LogP contribution in [0.25, 0.3) is 11.3 Å². The van der Waals surface area contributed by atoms with Crippen LogP contribution in [0.4, 0.5) is 9.52 Å². The number of halogens is 1. The predicted octanol–water partition coefficient (Wildman–Crippen LogP) is 3.44. The van der Waals surface area contributed by atoms with E-state index in [0.29, 0.717) is 17.2 Å². The molecule has 3 rings (SSSR count). The summed E-state index contributed by atoms with van der Waals surface area (Å²) >= 11 is 1.44. The zero-order valence-corrected chi connectivity index (χ0v) is 17.2. The Morgan fingerprint density at radius 1 is 1.11 bits per heavy atom. The fourth-order valence-corrected chi connectivity index (χ4v) is 3.73. The maximum atomic E-state index is 13.2. The lowest BCUT2D eigenvalue weighted by Crippen LogP contribution is -3.05. The Morgan fingerprint density at radius 2 is 1.79 bits per heavy atom. The summed E-state index contributed by atoms with van der Waals surface area (Å²) in [4.78, 5) is 20.9. The third-order valence-electron chi connectivity index (χ3n) is 4.47. The van der Waals surface area contributed by atoms with Gasteiger partial charge < -0.3 is 4.90 Å². The lowest BCUT2D eigenvalue weighted by atomic mass is 10.1. The second kappa shape index (κ2) is 9.08. The van der Waals surface area contributed by atoms with Gasteiger partial charge in [-0.3, -0.25) is 9.69 Å². The fraction of sp³-hybridized carbons (Fsp3) is 0.273. The Balaban J connectivity index is 1.86. The van der Waals surface area contributed by atoms with Gasteiger partial charge in [-0.25, -0.2) is 9.37 Å². The van der Waals surface area contributed by atoms with Crippen molar-refractivity contribution in [2.24, 2.45) is 0 Å². The SMILES string of the molecule is Cc1ccc(C(=O)N(CCC[NH+](C)C)c2nc(-c3ccc(F)cc3)cs2)cc1. The molecule has 0 aliphatic heterocycles. The van der Waals surface area contributed by atoms with E-state index in [1.165, 1.54) is 28.4 Å². The first kappa shape index (κ1) is 20.2. The normalized spacial score (nSPS) is 11.0. The van der Waals surface area contributed by atoms with Crippen molar-refractivity contribution in [3.8, 4) is 11.3 Å². The molecule has 1 heterocycles. The van der Waals surface area contributed by atoms with Crippen molar-refractivity contribution < 1.29 is 14.1 Å². The molecule has 0 saturated carbocycles. The number of thiazole rings is 1. The van der Waals surface area contributed by atoms with E-state index < -0.39 is 0 Å². The van der Waals surface area contributed by atoms with Crippen LogP contribution in [0.1, 0.15) is 22.3 Å². The molecule has 3 aromatic rings. The summed E-state index contributed by atoms with van der Waals surface area (Å²) in [5.41, 5.74) is 3.36. The molecule has 0 atom stereocenters. The van der Waals surface area contributed by atoms with Crippen molar-refractivity contribution in [3.05, 3.63) is 70.9 Å². The van der Waals surface area contributed by atoms with E-state index >= 15 is 0 Å². The van der Waals surface area contributed by atoms with E-state index in [4.69, 9.17) is 0 Å². The minimum absolute atomic E-state index is 0.0474. The zero-order valence-electron chi connectivity index (χ0n) is 16.4. The molecule has 0 fully saturated rings. The van der Waals surface area contributed by atoms with Gasteiger partial charge in [0, 0.05) is 29.5 Å². The summed E-state index contributed by atoms with van der Waals surface area (Å²) in [6.45, 7) is 3.57. The third-order valence-corrected chi connectivity index (χ3v) is 5.33. The van der Waals surface area contributed by atoms with E-state index in [1.54, 1.807) is 17.0 Å². The molecular formula is C22H25FN3OS+. The van der Waals surface area contributed by atoms with Crippen LogP contribution < -0.4 is 9.80 Å². The van der Waals surface area contributed by atoms with Gasteiger partial charge in [0.1, 0.15) is 5.82 Å². The van der Waals surface area contributed by atoms with Crippen molar-refractivity contribution in [1.82, 2.24) is 4.98 Å². The molecule has 1 amide bonds. The molecule has 0 aliphatic carbocycles. The number of nitrogens with zero attached hydrogens (tertiary/aromatic N) is 2. The summed E-state index contributed by atoms with van der Waals surface area (Å²) in [5, 5.41) is 2.58. The van der Waals surface area contributed by atoms with Gasteiger partial charge in [0.15, 0.2) is 5.13 Å². The molecule has 146 valence electrons. The summed E-state index contributed by atoms with van der Waals surface area (Å²) in [7, 11) is 4.20. The highest BCUT2D eigenvalue weighted by Crippen LogP contribution is 2.28. The third kappa shape index (κ3) is 5.03. The second-order valence-corrected chi connectivity index (χ2v) is 7.99. The van der Waals surface area contributed by atoms with Crippen molar-refractivity contribution in [2.75, 3.05) is 32.1 Å². The van der Waals surface area contributed by atoms with Crippen LogP contribution >= 0.6 is 11.3 Å². The number of carbonyl (C=O) groups is 1. The molecule has 2 aromatic carbocycles. The minimum Gasteiger partial charge on any atom is -0.340 e. The van der Waals surface area contributed by atoms with E-state index in [2.05, 4.69) is 19.1 Å². The number of quaternary nitrogens is 1.